The SMILES string of the molecule is Cc1ccc(-c2nc(C)cc(SCc3nc(-c4ccccc4)oc3C)n2)cc1. The molecule has 0 atom stereocenters. The monoisotopic (exact) mass is 387 g/mol. The molecule has 0 fully saturated rings. The van der Waals surface area contributed by atoms with Gasteiger partial charge in [0.2, 0.25) is 5.89 Å². The molecule has 2 aromatic heterocycles. The topological polar surface area (TPSA) is 51.8 Å². The third-order valence-electron chi connectivity index (χ3n) is 4.41. The first-order valence-corrected chi connectivity index (χ1v) is 10.1. The first-order valence-electron chi connectivity index (χ1n) is 9.16. The van der Waals surface area contributed by atoms with Crippen molar-refractivity contribution in [3.8, 4) is 22.8 Å². The van der Waals surface area contributed by atoms with Crippen molar-refractivity contribution in [1.29, 1.82) is 0 Å². The average molecular weight is 388 g/mol. The largest absolute Gasteiger partial charge is 0.441 e. The van der Waals surface area contributed by atoms with Crippen LogP contribution in [0, 0.1) is 20.8 Å². The van der Waals surface area contributed by atoms with Crippen LogP contribution in [0.15, 0.2) is 70.1 Å². The number of aromatic nitrogens is 3. The maximum atomic E-state index is 5.86. The second-order valence-corrected chi connectivity index (χ2v) is 7.71. The van der Waals surface area contributed by atoms with Crippen molar-refractivity contribution in [2.45, 2.75) is 31.6 Å². The minimum Gasteiger partial charge on any atom is -0.441 e. The van der Waals surface area contributed by atoms with Crippen molar-refractivity contribution in [2.75, 3.05) is 0 Å². The van der Waals surface area contributed by atoms with E-state index in [0.29, 0.717) is 11.6 Å². The molecule has 0 spiro atoms. The first-order chi connectivity index (χ1) is 13.6. The molecule has 0 aliphatic heterocycles. The third-order valence-corrected chi connectivity index (χ3v) is 5.33. The van der Waals surface area contributed by atoms with E-state index >= 15 is 0 Å². The molecule has 0 radical (unpaired) electrons. The smallest absolute Gasteiger partial charge is 0.226 e. The maximum Gasteiger partial charge on any atom is 0.226 e. The third kappa shape index (κ3) is 4.15. The summed E-state index contributed by atoms with van der Waals surface area (Å²) in [5, 5.41) is 0.937. The molecule has 5 heteroatoms. The number of hydrogen-bond donors (Lipinski definition) is 0. The highest BCUT2D eigenvalue weighted by atomic mass is 32.2. The first kappa shape index (κ1) is 18.4. The number of nitrogens with zero attached hydrogens (tertiary/aromatic N) is 3. The summed E-state index contributed by atoms with van der Waals surface area (Å²) in [6.45, 7) is 6.03. The summed E-state index contributed by atoms with van der Waals surface area (Å²) in [4.78, 5) is 14.0. The quantitative estimate of drug-likeness (QED) is 0.310. The molecule has 4 aromatic rings. The zero-order valence-electron chi connectivity index (χ0n) is 16.1. The summed E-state index contributed by atoms with van der Waals surface area (Å²) in [5.41, 5.74) is 5.13. The summed E-state index contributed by atoms with van der Waals surface area (Å²) in [7, 11) is 0. The number of thioether (sulfide) groups is 1. The average Bonchev–Trinajstić information content (AvgIpc) is 3.08. The summed E-state index contributed by atoms with van der Waals surface area (Å²) in [6.07, 6.45) is 0. The molecule has 0 N–H and O–H groups in total. The molecule has 2 heterocycles. The van der Waals surface area contributed by atoms with E-state index in [-0.39, 0.29) is 0 Å². The highest BCUT2D eigenvalue weighted by molar-refractivity contribution is 7.98. The molecule has 28 heavy (non-hydrogen) atoms. The Morgan fingerprint density at radius 2 is 1.57 bits per heavy atom. The van der Waals surface area contributed by atoms with Gasteiger partial charge in [0.1, 0.15) is 10.8 Å². The highest BCUT2D eigenvalue weighted by Crippen LogP contribution is 2.28. The Bertz CT molecular complexity index is 1090. The molecule has 0 amide bonds. The Balaban J connectivity index is 1.54. The van der Waals surface area contributed by atoms with Gasteiger partial charge in [-0.2, -0.15) is 0 Å². The second-order valence-electron chi connectivity index (χ2n) is 6.71. The van der Waals surface area contributed by atoms with E-state index in [1.807, 2.05) is 50.2 Å². The fourth-order valence-corrected chi connectivity index (χ4v) is 3.81. The van der Waals surface area contributed by atoms with Gasteiger partial charge in [0.25, 0.3) is 0 Å². The van der Waals surface area contributed by atoms with Crippen LogP contribution in [0.1, 0.15) is 22.7 Å². The fourth-order valence-electron chi connectivity index (χ4n) is 2.85. The predicted octanol–water partition coefficient (Wildman–Crippen LogP) is 6.02. The van der Waals surface area contributed by atoms with Crippen LogP contribution in [0.5, 0.6) is 0 Å². The normalized spacial score (nSPS) is 11.0. The molecule has 0 saturated heterocycles. The molecular formula is C23H21N3OS. The minimum atomic E-state index is 0.660. The van der Waals surface area contributed by atoms with Crippen LogP contribution in [0.2, 0.25) is 0 Å². The molecule has 0 aliphatic carbocycles. The number of aryl methyl sites for hydroxylation is 3. The predicted molar refractivity (Wildman–Crippen MR) is 113 cm³/mol. The Hall–Kier alpha value is -2.92. The van der Waals surface area contributed by atoms with Crippen LogP contribution < -0.4 is 0 Å². The lowest BCUT2D eigenvalue weighted by Crippen LogP contribution is -1.95. The van der Waals surface area contributed by atoms with E-state index in [2.05, 4.69) is 41.2 Å². The van der Waals surface area contributed by atoms with Crippen LogP contribution in [-0.4, -0.2) is 15.0 Å². The van der Waals surface area contributed by atoms with Crippen LogP contribution in [0.3, 0.4) is 0 Å². The van der Waals surface area contributed by atoms with Crippen LogP contribution in [0.25, 0.3) is 22.8 Å². The van der Waals surface area contributed by atoms with Gasteiger partial charge in [0.15, 0.2) is 5.82 Å². The molecule has 0 bridgehead atoms. The molecule has 140 valence electrons. The van der Waals surface area contributed by atoms with Gasteiger partial charge in [-0.25, -0.2) is 15.0 Å². The van der Waals surface area contributed by atoms with Crippen molar-refractivity contribution in [2.24, 2.45) is 0 Å². The molecular weight excluding hydrogens is 366 g/mol. The van der Waals surface area contributed by atoms with E-state index < -0.39 is 0 Å². The minimum absolute atomic E-state index is 0.660. The zero-order chi connectivity index (χ0) is 19.5. The molecule has 0 unspecified atom stereocenters. The second kappa shape index (κ2) is 7.98. The van der Waals surface area contributed by atoms with Gasteiger partial charge in [-0.3, -0.25) is 0 Å². The van der Waals surface area contributed by atoms with E-state index in [1.54, 1.807) is 11.8 Å². The number of oxazole rings is 1. The summed E-state index contributed by atoms with van der Waals surface area (Å²) >= 11 is 1.65. The van der Waals surface area contributed by atoms with Crippen molar-refractivity contribution >= 4 is 11.8 Å². The summed E-state index contributed by atoms with van der Waals surface area (Å²) < 4.78 is 5.86. The Labute approximate surface area is 169 Å². The van der Waals surface area contributed by atoms with Crippen molar-refractivity contribution in [3.63, 3.8) is 0 Å². The van der Waals surface area contributed by atoms with Gasteiger partial charge in [0, 0.05) is 22.6 Å². The van der Waals surface area contributed by atoms with Crippen LogP contribution in [0.4, 0.5) is 0 Å². The van der Waals surface area contributed by atoms with E-state index in [4.69, 9.17) is 9.40 Å². The van der Waals surface area contributed by atoms with Gasteiger partial charge < -0.3 is 4.42 Å². The highest BCUT2D eigenvalue weighted by Gasteiger charge is 2.13. The van der Waals surface area contributed by atoms with Gasteiger partial charge in [0.05, 0.1) is 5.69 Å². The van der Waals surface area contributed by atoms with E-state index in [0.717, 1.165) is 39.1 Å². The Morgan fingerprint density at radius 3 is 2.32 bits per heavy atom. The Kier molecular flexibility index (Phi) is 5.26. The van der Waals surface area contributed by atoms with Gasteiger partial charge >= 0.3 is 0 Å². The summed E-state index contributed by atoms with van der Waals surface area (Å²) in [6, 6.07) is 20.3. The molecule has 0 aliphatic rings. The van der Waals surface area contributed by atoms with Crippen molar-refractivity contribution in [1.82, 2.24) is 15.0 Å². The lowest BCUT2D eigenvalue weighted by atomic mass is 10.1. The maximum absolute atomic E-state index is 5.86. The van der Waals surface area contributed by atoms with Crippen LogP contribution in [-0.2, 0) is 5.75 Å². The number of hydrogen-bond acceptors (Lipinski definition) is 5. The molecule has 4 rings (SSSR count). The lowest BCUT2D eigenvalue weighted by Gasteiger charge is -2.06. The van der Waals surface area contributed by atoms with E-state index in [1.165, 1.54) is 5.56 Å². The standard InChI is InChI=1S/C23H21N3OS/c1-15-9-11-18(12-10-15)22-24-16(2)13-21(26-22)28-14-20-17(3)27-23(25-20)19-7-5-4-6-8-19/h4-13H,14H2,1-3H3. The van der Waals surface area contributed by atoms with E-state index in [9.17, 15) is 0 Å². The van der Waals surface area contributed by atoms with Gasteiger partial charge in [-0.15, -0.1) is 0 Å². The lowest BCUT2D eigenvalue weighted by molar-refractivity contribution is 0.540. The Morgan fingerprint density at radius 1 is 0.821 bits per heavy atom. The van der Waals surface area contributed by atoms with Crippen LogP contribution >= 0.6 is 11.8 Å². The van der Waals surface area contributed by atoms with Gasteiger partial charge in [-0.05, 0) is 39.0 Å². The van der Waals surface area contributed by atoms with Crippen molar-refractivity contribution in [3.05, 3.63) is 83.4 Å². The molecule has 4 nitrogen and oxygen atoms in total. The molecule has 0 saturated carbocycles. The van der Waals surface area contributed by atoms with Gasteiger partial charge in [-0.1, -0.05) is 59.8 Å². The fraction of sp³-hybridized carbons (Fsp3) is 0.174. The van der Waals surface area contributed by atoms with Crippen molar-refractivity contribution < 1.29 is 4.42 Å². The zero-order valence-corrected chi connectivity index (χ0v) is 17.0. The number of benzene rings is 2. The number of rotatable bonds is 5. The summed E-state index contributed by atoms with van der Waals surface area (Å²) in [5.74, 6) is 2.96. The molecule has 2 aromatic carbocycles.